The molecular formula is C18H32N2O2Si. The number of ether oxygens (including phenoxy) is 2. The summed E-state index contributed by atoms with van der Waals surface area (Å²) in [7, 11) is -0.999. The molecule has 5 heteroatoms. The number of aromatic nitrogens is 2. The van der Waals surface area contributed by atoms with E-state index in [1.807, 2.05) is 10.9 Å². The van der Waals surface area contributed by atoms with Crippen LogP contribution in [0.25, 0.3) is 0 Å². The molecule has 2 fully saturated rings. The average molecular weight is 337 g/mol. The molecule has 130 valence electrons. The Morgan fingerprint density at radius 3 is 2.74 bits per heavy atom. The minimum absolute atomic E-state index is 0.229. The van der Waals surface area contributed by atoms with Crippen molar-refractivity contribution in [2.24, 2.45) is 0 Å². The van der Waals surface area contributed by atoms with Crippen LogP contribution >= 0.6 is 0 Å². The summed E-state index contributed by atoms with van der Waals surface area (Å²) < 4.78 is 13.8. The van der Waals surface area contributed by atoms with Crippen LogP contribution in [0, 0.1) is 0 Å². The van der Waals surface area contributed by atoms with E-state index in [0.717, 1.165) is 13.2 Å². The van der Waals surface area contributed by atoms with Crippen molar-refractivity contribution in [1.29, 1.82) is 0 Å². The van der Waals surface area contributed by atoms with Gasteiger partial charge in [-0.15, -0.1) is 0 Å². The Morgan fingerprint density at radius 2 is 2.09 bits per heavy atom. The molecule has 4 nitrogen and oxygen atoms in total. The van der Waals surface area contributed by atoms with E-state index in [2.05, 4.69) is 30.9 Å². The van der Waals surface area contributed by atoms with Crippen molar-refractivity contribution < 1.29 is 9.47 Å². The van der Waals surface area contributed by atoms with E-state index in [4.69, 9.17) is 9.47 Å². The van der Waals surface area contributed by atoms with E-state index in [0.29, 0.717) is 12.6 Å². The summed E-state index contributed by atoms with van der Waals surface area (Å²) >= 11 is 0. The Hall–Kier alpha value is -0.653. The van der Waals surface area contributed by atoms with Gasteiger partial charge in [-0.1, -0.05) is 19.6 Å². The molecule has 1 aromatic rings. The van der Waals surface area contributed by atoms with Gasteiger partial charge in [-0.25, -0.2) is 4.68 Å². The van der Waals surface area contributed by atoms with Gasteiger partial charge in [-0.05, 0) is 56.1 Å². The molecule has 23 heavy (non-hydrogen) atoms. The zero-order valence-electron chi connectivity index (χ0n) is 15.0. The first-order valence-electron chi connectivity index (χ1n) is 9.20. The molecule has 0 bridgehead atoms. The Morgan fingerprint density at radius 1 is 1.30 bits per heavy atom. The highest BCUT2D eigenvalue weighted by molar-refractivity contribution is 6.76. The van der Waals surface area contributed by atoms with Gasteiger partial charge in [-0.2, -0.15) is 5.10 Å². The second kappa shape index (κ2) is 7.07. The van der Waals surface area contributed by atoms with Crippen molar-refractivity contribution >= 4 is 8.07 Å². The molecule has 0 aromatic carbocycles. The first-order chi connectivity index (χ1) is 11.0. The van der Waals surface area contributed by atoms with E-state index in [9.17, 15) is 0 Å². The fraction of sp³-hybridized carbons (Fsp3) is 0.833. The van der Waals surface area contributed by atoms with Gasteiger partial charge in [0.05, 0.1) is 11.8 Å². The minimum atomic E-state index is -0.999. The third kappa shape index (κ3) is 4.67. The van der Waals surface area contributed by atoms with Crippen LogP contribution in [0.2, 0.25) is 25.7 Å². The van der Waals surface area contributed by atoms with Crippen LogP contribution in [0.5, 0.6) is 0 Å². The second-order valence-electron chi connectivity index (χ2n) is 8.57. The molecule has 0 unspecified atom stereocenters. The molecule has 1 aliphatic carbocycles. The molecule has 2 heterocycles. The van der Waals surface area contributed by atoms with Gasteiger partial charge in [0.15, 0.2) is 0 Å². The summed E-state index contributed by atoms with van der Waals surface area (Å²) in [5, 5.41) is 4.49. The summed E-state index contributed by atoms with van der Waals surface area (Å²) in [6.45, 7) is 9.56. The van der Waals surface area contributed by atoms with E-state index in [1.165, 1.54) is 50.1 Å². The van der Waals surface area contributed by atoms with Crippen LogP contribution in [-0.2, 0) is 16.2 Å². The Labute approximate surface area is 141 Å². The van der Waals surface area contributed by atoms with Crippen LogP contribution < -0.4 is 0 Å². The fourth-order valence-electron chi connectivity index (χ4n) is 3.82. The van der Waals surface area contributed by atoms with Crippen LogP contribution in [0.3, 0.4) is 0 Å². The standard InChI is InChI=1S/C18H32N2O2Si/c1-23(2,3)12-11-21-15-20-14-17(13-19-20)16-5-8-18(9-6-16)7-4-10-22-18/h13-14,16H,4-12,15H2,1-3H3. The van der Waals surface area contributed by atoms with Gasteiger partial charge >= 0.3 is 0 Å². The lowest BCUT2D eigenvalue weighted by molar-refractivity contribution is -0.0281. The molecule has 3 rings (SSSR count). The summed E-state index contributed by atoms with van der Waals surface area (Å²) in [6, 6.07) is 1.21. The van der Waals surface area contributed by atoms with Gasteiger partial charge in [0.2, 0.25) is 0 Å². The van der Waals surface area contributed by atoms with E-state index < -0.39 is 8.07 Å². The van der Waals surface area contributed by atoms with E-state index in [-0.39, 0.29) is 5.60 Å². The summed E-state index contributed by atoms with van der Waals surface area (Å²) in [4.78, 5) is 0. The minimum Gasteiger partial charge on any atom is -0.375 e. The highest BCUT2D eigenvalue weighted by atomic mass is 28.3. The molecule has 0 N–H and O–H groups in total. The summed E-state index contributed by atoms with van der Waals surface area (Å²) in [5.41, 5.74) is 1.61. The van der Waals surface area contributed by atoms with Crippen molar-refractivity contribution in [3.63, 3.8) is 0 Å². The van der Waals surface area contributed by atoms with E-state index >= 15 is 0 Å². The normalized spacial score (nSPS) is 28.6. The van der Waals surface area contributed by atoms with Crippen LogP contribution in [0.15, 0.2) is 12.4 Å². The van der Waals surface area contributed by atoms with Crippen molar-refractivity contribution in [1.82, 2.24) is 9.78 Å². The van der Waals surface area contributed by atoms with Crippen LogP contribution in [-0.4, -0.2) is 36.7 Å². The smallest absolute Gasteiger partial charge is 0.139 e. The third-order valence-electron chi connectivity index (χ3n) is 5.43. The molecule has 0 atom stereocenters. The SMILES string of the molecule is C[Si](C)(C)CCOCn1cc(C2CCC3(CCCO3)CC2)cn1. The molecule has 1 spiro atoms. The number of nitrogens with zero attached hydrogens (tertiary/aromatic N) is 2. The Bertz CT molecular complexity index is 493. The average Bonchev–Trinajstić information content (AvgIpc) is 3.14. The first kappa shape index (κ1) is 17.2. The lowest BCUT2D eigenvalue weighted by Gasteiger charge is -2.36. The number of rotatable bonds is 6. The first-order valence-corrected chi connectivity index (χ1v) is 12.9. The van der Waals surface area contributed by atoms with Crippen LogP contribution in [0.1, 0.15) is 50.0 Å². The van der Waals surface area contributed by atoms with Crippen LogP contribution in [0.4, 0.5) is 0 Å². The number of hydrogen-bond donors (Lipinski definition) is 0. The van der Waals surface area contributed by atoms with E-state index in [1.54, 1.807) is 0 Å². The van der Waals surface area contributed by atoms with Gasteiger partial charge < -0.3 is 9.47 Å². The van der Waals surface area contributed by atoms with Gasteiger partial charge in [0, 0.05) is 27.5 Å². The largest absolute Gasteiger partial charge is 0.375 e. The summed E-state index contributed by atoms with van der Waals surface area (Å²) in [6.07, 6.45) is 11.7. The zero-order valence-corrected chi connectivity index (χ0v) is 16.0. The third-order valence-corrected chi connectivity index (χ3v) is 7.13. The molecular weight excluding hydrogens is 304 g/mol. The maximum absolute atomic E-state index is 6.03. The second-order valence-corrected chi connectivity index (χ2v) is 14.2. The molecule has 2 aliphatic rings. The van der Waals surface area contributed by atoms with Crippen molar-refractivity contribution in [3.05, 3.63) is 18.0 Å². The molecule has 1 saturated carbocycles. The Balaban J connectivity index is 1.44. The highest BCUT2D eigenvalue weighted by Crippen LogP contribution is 2.44. The predicted molar refractivity (Wildman–Crippen MR) is 95.5 cm³/mol. The molecule has 1 aliphatic heterocycles. The lowest BCUT2D eigenvalue weighted by Crippen LogP contribution is -2.32. The maximum Gasteiger partial charge on any atom is 0.139 e. The van der Waals surface area contributed by atoms with Gasteiger partial charge in [-0.3, -0.25) is 0 Å². The van der Waals surface area contributed by atoms with Gasteiger partial charge in [0.1, 0.15) is 6.73 Å². The molecule has 1 saturated heterocycles. The maximum atomic E-state index is 6.03. The van der Waals surface area contributed by atoms with Gasteiger partial charge in [0.25, 0.3) is 0 Å². The highest BCUT2D eigenvalue weighted by Gasteiger charge is 2.39. The van der Waals surface area contributed by atoms with Crippen molar-refractivity contribution in [3.8, 4) is 0 Å². The quantitative estimate of drug-likeness (QED) is 0.570. The van der Waals surface area contributed by atoms with Crippen molar-refractivity contribution in [2.45, 2.75) is 82.5 Å². The lowest BCUT2D eigenvalue weighted by atomic mass is 9.75. The predicted octanol–water partition coefficient (Wildman–Crippen LogP) is 4.40. The topological polar surface area (TPSA) is 36.3 Å². The molecule has 0 amide bonds. The summed E-state index contributed by atoms with van der Waals surface area (Å²) in [5.74, 6) is 0.653. The molecule has 0 radical (unpaired) electrons. The molecule has 1 aromatic heterocycles. The monoisotopic (exact) mass is 336 g/mol. The number of hydrogen-bond acceptors (Lipinski definition) is 3. The Kier molecular flexibility index (Phi) is 5.28. The van der Waals surface area contributed by atoms with Crippen molar-refractivity contribution in [2.75, 3.05) is 13.2 Å². The fourth-order valence-corrected chi connectivity index (χ4v) is 4.58. The zero-order chi connectivity index (χ0) is 16.3.